The van der Waals surface area contributed by atoms with E-state index in [-0.39, 0.29) is 0 Å². The fourth-order valence-corrected chi connectivity index (χ4v) is 3.20. The Morgan fingerprint density at radius 3 is 1.90 bits per heavy atom. The van der Waals surface area contributed by atoms with E-state index in [9.17, 15) is 0 Å². The van der Waals surface area contributed by atoms with Crippen LogP contribution in [0.2, 0.25) is 0 Å². The topological polar surface area (TPSA) is 31.5 Å². The van der Waals surface area contributed by atoms with Crippen LogP contribution in [0.5, 0.6) is 0 Å². The lowest BCUT2D eigenvalue weighted by atomic mass is 10.1. The molecule has 0 amide bonds. The molecule has 2 aromatic heterocycles. The largest absolute Gasteiger partial charge is 0.210 e. The molecule has 0 N–H and O–H groups in total. The summed E-state index contributed by atoms with van der Waals surface area (Å²) in [5.74, 6) is 0. The van der Waals surface area contributed by atoms with Crippen LogP contribution in [-0.4, -0.2) is 0 Å². The van der Waals surface area contributed by atoms with Crippen LogP contribution >= 0.6 is 25.1 Å². The van der Waals surface area contributed by atoms with Crippen LogP contribution in [0.4, 0.5) is 0 Å². The highest BCUT2D eigenvalue weighted by Gasteiger charge is 2.08. The molecule has 150 valence electrons. The van der Waals surface area contributed by atoms with Gasteiger partial charge in [0.2, 0.25) is 5.69 Å². The summed E-state index contributed by atoms with van der Waals surface area (Å²) < 4.78 is 4.33. The monoisotopic (exact) mass is 471 g/mol. The molecule has 0 unspecified atom stereocenters. The van der Waals surface area contributed by atoms with Gasteiger partial charge in [0.25, 0.3) is 0 Å². The Morgan fingerprint density at radius 2 is 1.34 bits per heavy atom. The van der Waals surface area contributed by atoms with Crippen LogP contribution in [0, 0.1) is 11.3 Å². The second-order valence-corrected chi connectivity index (χ2v) is 6.89. The number of aryl methyl sites for hydroxylation is 1. The molecule has 3 aromatic rings. The van der Waals surface area contributed by atoms with E-state index in [0.717, 1.165) is 12.2 Å². The third kappa shape index (κ3) is 7.27. The minimum absolute atomic E-state index is 0.680. The first-order valence-corrected chi connectivity index (χ1v) is 12.0. The van der Waals surface area contributed by atoms with Gasteiger partial charge in [-0.1, -0.05) is 26.2 Å². The lowest BCUT2D eigenvalue weighted by Gasteiger charge is -2.02. The van der Waals surface area contributed by atoms with Gasteiger partial charge in [0.05, 0.1) is 11.6 Å². The maximum atomic E-state index is 8.90. The zero-order valence-electron chi connectivity index (χ0n) is 16.8. The van der Waals surface area contributed by atoms with Gasteiger partial charge in [-0.25, -0.2) is 4.57 Å². The average molecular weight is 473 g/mol. The Bertz CT molecular complexity index is 885. The maximum Gasteiger partial charge on any atom is 0.210 e. The van der Waals surface area contributed by atoms with Gasteiger partial charge in [-0.3, -0.25) is 0 Å². The van der Waals surface area contributed by atoms with E-state index in [1.54, 1.807) is 0 Å². The van der Waals surface area contributed by atoms with Crippen molar-refractivity contribution in [2.24, 2.45) is 0 Å². The Balaban J connectivity index is 0.00000145. The van der Waals surface area contributed by atoms with Gasteiger partial charge in [-0.2, -0.15) is 9.83 Å². The van der Waals surface area contributed by atoms with Gasteiger partial charge in [0.15, 0.2) is 24.8 Å². The Morgan fingerprint density at radius 1 is 0.793 bits per heavy atom. The molecule has 0 spiro atoms. The molecule has 2 heterocycles. The second-order valence-electron chi connectivity index (χ2n) is 6.89. The smallest absolute Gasteiger partial charge is 0.205 e. The summed E-state index contributed by atoms with van der Waals surface area (Å²) in [7, 11) is 4.45. The Kier molecular flexibility index (Phi) is 10.4. The summed E-state index contributed by atoms with van der Waals surface area (Å²) in [5, 5.41) is 8.90. The second kappa shape index (κ2) is 13.1. The average Bonchev–Trinajstić information content (AvgIpc) is 2.81. The first-order valence-electron chi connectivity index (χ1n) is 9.96. The van der Waals surface area contributed by atoms with Crippen molar-refractivity contribution < 1.29 is 9.13 Å². The van der Waals surface area contributed by atoms with E-state index in [2.05, 4.69) is 96.3 Å². The number of hydrogen-bond donors (Lipinski definition) is 0. The van der Waals surface area contributed by atoms with Gasteiger partial charge in [0, 0.05) is 57.8 Å². The molecule has 29 heavy (non-hydrogen) atoms. The molecule has 0 aliphatic heterocycles. The lowest BCUT2D eigenvalue weighted by molar-refractivity contribution is -0.697. The third-order valence-corrected chi connectivity index (χ3v) is 4.87. The van der Waals surface area contributed by atoms with E-state index in [4.69, 9.17) is 5.26 Å². The van der Waals surface area contributed by atoms with E-state index in [1.165, 1.54) is 43.2 Å². The third-order valence-electron chi connectivity index (χ3n) is 4.87. The molecule has 0 saturated carbocycles. The molecule has 0 aliphatic rings. The highest BCUT2D eigenvalue weighted by molar-refractivity contribution is 9.22. The van der Waals surface area contributed by atoms with Gasteiger partial charge in [0.1, 0.15) is 6.54 Å². The number of benzene rings is 1. The van der Waals surface area contributed by atoms with Crippen LogP contribution < -0.4 is 9.13 Å². The molecule has 3 rings (SSSR count). The van der Waals surface area contributed by atoms with Crippen molar-refractivity contribution in [3.8, 4) is 22.9 Å². The van der Waals surface area contributed by atoms with Crippen molar-refractivity contribution in [1.29, 1.82) is 5.26 Å². The van der Waals surface area contributed by atoms with Crippen LogP contribution in [0.1, 0.15) is 44.6 Å². The number of pyridine rings is 2. The highest BCUT2D eigenvalue weighted by atomic mass is 79.9. The van der Waals surface area contributed by atoms with E-state index in [1.807, 2.05) is 24.3 Å². The first-order chi connectivity index (χ1) is 14.3. The summed E-state index contributed by atoms with van der Waals surface area (Å²) in [6, 6.07) is 18.4. The molecule has 0 atom stereocenters. The van der Waals surface area contributed by atoms with Crippen molar-refractivity contribution in [1.82, 2.24) is 0 Å². The summed E-state index contributed by atoms with van der Waals surface area (Å²) in [6.45, 7) is 3.35. The molecule has 5 heteroatoms. The van der Waals surface area contributed by atoms with Crippen LogP contribution in [0.15, 0.2) is 73.3 Å². The fourth-order valence-electron chi connectivity index (χ4n) is 3.20. The van der Waals surface area contributed by atoms with Crippen molar-refractivity contribution in [2.75, 3.05) is 0 Å². The zero-order valence-corrected chi connectivity index (χ0v) is 19.1. The molecular weight excluding hydrogens is 446 g/mol. The molecular formula is C24H27BrClN3+2. The van der Waals surface area contributed by atoms with Gasteiger partial charge in [-0.15, -0.1) is 0 Å². The van der Waals surface area contributed by atoms with Gasteiger partial charge >= 0.3 is 0 Å². The molecule has 3 nitrogen and oxygen atoms in total. The van der Waals surface area contributed by atoms with Gasteiger partial charge in [-0.05, 0) is 39.8 Å². The number of nitrogens with zero attached hydrogens (tertiary/aromatic N) is 3. The number of rotatable bonds is 8. The zero-order chi connectivity index (χ0) is 20.9. The minimum Gasteiger partial charge on any atom is -0.205 e. The predicted molar refractivity (Wildman–Crippen MR) is 122 cm³/mol. The molecule has 1 aromatic carbocycles. The summed E-state index contributed by atoms with van der Waals surface area (Å²) in [6.07, 6.45) is 15.0. The van der Waals surface area contributed by atoms with E-state index in [0.29, 0.717) is 5.56 Å². The summed E-state index contributed by atoms with van der Waals surface area (Å²) in [4.78, 5) is 0. The van der Waals surface area contributed by atoms with Crippen molar-refractivity contribution in [3.05, 3.63) is 78.9 Å². The number of aromatic nitrogens is 2. The summed E-state index contributed by atoms with van der Waals surface area (Å²) in [5.41, 5.74) is 4.16. The van der Waals surface area contributed by atoms with Crippen LogP contribution in [-0.2, 0) is 6.54 Å². The highest BCUT2D eigenvalue weighted by Crippen LogP contribution is 2.16. The Labute approximate surface area is 186 Å². The quantitative estimate of drug-likeness (QED) is 0.280. The van der Waals surface area contributed by atoms with E-state index >= 15 is 0 Å². The molecule has 0 fully saturated rings. The fraction of sp³-hybridized carbons (Fsp3) is 0.292. The number of nitriles is 1. The minimum atomic E-state index is 0.680. The lowest BCUT2D eigenvalue weighted by Crippen LogP contribution is -2.32. The van der Waals surface area contributed by atoms with Crippen LogP contribution in [0.3, 0.4) is 0 Å². The van der Waals surface area contributed by atoms with Crippen molar-refractivity contribution in [2.45, 2.75) is 45.6 Å². The normalized spacial score (nSPS) is 10.0. The maximum absolute atomic E-state index is 8.90. The predicted octanol–water partition coefficient (Wildman–Crippen LogP) is 6.29. The van der Waals surface area contributed by atoms with Crippen molar-refractivity contribution >= 4 is 25.1 Å². The van der Waals surface area contributed by atoms with Crippen molar-refractivity contribution in [3.63, 3.8) is 0 Å². The van der Waals surface area contributed by atoms with Crippen LogP contribution in [0.25, 0.3) is 16.8 Å². The standard InChI is InChI=1S/C24H27N3.BrCl/c1-2-3-4-5-6-15-26-16-11-22(12-17-26)23-13-18-27(19-14-23)24-9-7-21(20-25)8-10-24;1-2/h7-14,16-19H,2-6,15H2,1H3;/q+2;. The SMILES string of the molecule is CCCCCCC[n+]1ccc(-c2cc[n+](-c3ccc(C#N)cc3)cc2)cc1.ClBr. The van der Waals surface area contributed by atoms with Gasteiger partial charge < -0.3 is 0 Å². The number of halogens is 2. The number of hydrogen-bond acceptors (Lipinski definition) is 1. The summed E-state index contributed by atoms with van der Waals surface area (Å²) >= 11 is 2.41. The molecule has 0 saturated heterocycles. The Hall–Kier alpha value is -2.22. The number of unbranched alkanes of at least 4 members (excludes halogenated alkanes) is 4. The first kappa shape index (κ1) is 23.1. The molecule has 0 radical (unpaired) electrons. The molecule has 0 bridgehead atoms. The van der Waals surface area contributed by atoms with E-state index < -0.39 is 0 Å². The molecule has 0 aliphatic carbocycles.